The summed E-state index contributed by atoms with van der Waals surface area (Å²) in [6.45, 7) is 6.59. The second-order valence-corrected chi connectivity index (χ2v) is 9.27. The molecule has 2 fully saturated rings. The maximum absolute atomic E-state index is 14.4. The lowest BCUT2D eigenvalue weighted by molar-refractivity contribution is -0.0771. The maximum Gasteiger partial charge on any atom is 0.225 e. The molecule has 2 aliphatic rings. The molecule has 2 aliphatic heterocycles. The van der Waals surface area contributed by atoms with Gasteiger partial charge in [-0.3, -0.25) is 0 Å². The number of piperidine rings is 1. The minimum absolute atomic E-state index is 0.0811. The summed E-state index contributed by atoms with van der Waals surface area (Å²) in [6, 6.07) is 6.19. The van der Waals surface area contributed by atoms with Crippen molar-refractivity contribution in [2.45, 2.75) is 32.8 Å². The molecule has 186 valence electrons. The zero-order chi connectivity index (χ0) is 25.1. The molecule has 0 spiro atoms. The van der Waals surface area contributed by atoms with Gasteiger partial charge >= 0.3 is 0 Å². The van der Waals surface area contributed by atoms with Gasteiger partial charge in [-0.2, -0.15) is 5.26 Å². The van der Waals surface area contributed by atoms with Crippen molar-refractivity contribution in [1.82, 2.24) is 19.9 Å². The van der Waals surface area contributed by atoms with Crippen LogP contribution in [0.1, 0.15) is 30.0 Å². The van der Waals surface area contributed by atoms with Crippen molar-refractivity contribution < 1.29 is 13.9 Å². The van der Waals surface area contributed by atoms with Crippen LogP contribution in [0.2, 0.25) is 0 Å². The molecule has 2 unspecified atom stereocenters. The van der Waals surface area contributed by atoms with Crippen molar-refractivity contribution in [2.75, 3.05) is 36.5 Å². The number of nitriles is 1. The van der Waals surface area contributed by atoms with Crippen molar-refractivity contribution in [3.8, 4) is 11.9 Å². The molecule has 2 aromatic heterocycles. The highest BCUT2D eigenvalue weighted by molar-refractivity contribution is 5.62. The molecule has 2 bridgehead atoms. The average Bonchev–Trinajstić information content (AvgIpc) is 2.88. The highest BCUT2D eigenvalue weighted by atomic mass is 19.1. The number of aryl methyl sites for hydroxylation is 1. The van der Waals surface area contributed by atoms with E-state index in [0.29, 0.717) is 30.5 Å². The van der Waals surface area contributed by atoms with Gasteiger partial charge in [0.15, 0.2) is 0 Å². The van der Waals surface area contributed by atoms with Gasteiger partial charge in [-0.05, 0) is 37.1 Å². The summed E-state index contributed by atoms with van der Waals surface area (Å²) >= 11 is 0. The van der Waals surface area contributed by atoms with Gasteiger partial charge in [0.2, 0.25) is 11.8 Å². The van der Waals surface area contributed by atoms with Gasteiger partial charge in [0.1, 0.15) is 24.1 Å². The molecule has 0 amide bonds. The number of ether oxygens (including phenoxy) is 2. The number of aromatic nitrogens is 4. The Bertz CT molecular complexity index is 1250. The number of hydrogen-bond donors (Lipinski definition) is 1. The second kappa shape index (κ2) is 10.4. The van der Waals surface area contributed by atoms with E-state index in [-0.39, 0.29) is 29.2 Å². The Balaban J connectivity index is 1.31. The first-order chi connectivity index (χ1) is 17.6. The Labute approximate surface area is 209 Å². The van der Waals surface area contributed by atoms with Gasteiger partial charge in [-0.25, -0.2) is 24.3 Å². The molecule has 2 saturated heterocycles. The number of nitrogens with zero attached hydrogens (tertiary/aromatic N) is 6. The fraction of sp³-hybridized carbons (Fsp3) is 0.423. The summed E-state index contributed by atoms with van der Waals surface area (Å²) in [5, 5.41) is 12.0. The monoisotopic (exact) mass is 489 g/mol. The fourth-order valence-electron chi connectivity index (χ4n) is 4.81. The van der Waals surface area contributed by atoms with Gasteiger partial charge in [0.25, 0.3) is 0 Å². The van der Waals surface area contributed by atoms with Crippen molar-refractivity contribution in [2.24, 2.45) is 11.8 Å². The van der Waals surface area contributed by atoms with E-state index >= 15 is 0 Å². The lowest BCUT2D eigenvalue weighted by atomic mass is 9.84. The van der Waals surface area contributed by atoms with Crippen molar-refractivity contribution in [3.05, 3.63) is 59.4 Å². The minimum atomic E-state index is -0.529. The molecule has 3 aromatic rings. The van der Waals surface area contributed by atoms with E-state index in [1.165, 1.54) is 18.5 Å². The topological polar surface area (TPSA) is 109 Å². The van der Waals surface area contributed by atoms with E-state index in [2.05, 4.69) is 37.1 Å². The molecule has 36 heavy (non-hydrogen) atoms. The molecular formula is C26H28FN7O2. The smallest absolute Gasteiger partial charge is 0.225 e. The van der Waals surface area contributed by atoms with Gasteiger partial charge in [0, 0.05) is 37.3 Å². The van der Waals surface area contributed by atoms with Crippen LogP contribution in [0.3, 0.4) is 0 Å². The zero-order valence-electron chi connectivity index (χ0n) is 20.3. The van der Waals surface area contributed by atoms with Crippen LogP contribution in [0.25, 0.3) is 0 Å². The number of anilines is 3. The number of nitrogens with one attached hydrogen (secondary N) is 1. The van der Waals surface area contributed by atoms with Gasteiger partial charge in [-0.1, -0.05) is 13.3 Å². The summed E-state index contributed by atoms with van der Waals surface area (Å²) in [5.41, 5.74) is 2.30. The Morgan fingerprint density at radius 1 is 1.17 bits per heavy atom. The molecule has 0 saturated carbocycles. The van der Waals surface area contributed by atoms with Gasteiger partial charge < -0.3 is 19.7 Å². The van der Waals surface area contributed by atoms with Crippen LogP contribution in [-0.2, 0) is 11.2 Å². The highest BCUT2D eigenvalue weighted by Crippen LogP contribution is 2.34. The largest absolute Gasteiger partial charge is 0.473 e. The van der Waals surface area contributed by atoms with E-state index in [9.17, 15) is 4.39 Å². The third-order valence-electron chi connectivity index (χ3n) is 6.65. The van der Waals surface area contributed by atoms with Crippen LogP contribution in [-0.4, -0.2) is 52.3 Å². The first-order valence-electron chi connectivity index (χ1n) is 12.1. The van der Waals surface area contributed by atoms with Crippen molar-refractivity contribution in [1.29, 1.82) is 5.26 Å². The fourth-order valence-corrected chi connectivity index (χ4v) is 4.81. The SMILES string of the molecule is CCCc1cnc(N2CC3COCC(C2)C3Oc2ncnc(Nc3ccc(C#N)cc3F)c2C)nc1. The predicted octanol–water partition coefficient (Wildman–Crippen LogP) is 3.81. The number of rotatable bonds is 7. The molecule has 5 rings (SSSR count). The Hall–Kier alpha value is -3.84. The second-order valence-electron chi connectivity index (χ2n) is 9.27. The number of hydrogen-bond acceptors (Lipinski definition) is 9. The normalized spacial score (nSPS) is 21.1. The van der Waals surface area contributed by atoms with Crippen LogP contribution in [0.15, 0.2) is 36.9 Å². The quantitative estimate of drug-likeness (QED) is 0.530. The summed E-state index contributed by atoms with van der Waals surface area (Å²) in [5.74, 6) is 1.36. The molecule has 2 atom stereocenters. The van der Waals surface area contributed by atoms with Crippen LogP contribution < -0.4 is 15.0 Å². The Kier molecular flexibility index (Phi) is 6.91. The summed E-state index contributed by atoms with van der Waals surface area (Å²) in [7, 11) is 0. The lowest BCUT2D eigenvalue weighted by Gasteiger charge is -2.46. The molecule has 9 nitrogen and oxygen atoms in total. The van der Waals surface area contributed by atoms with Crippen LogP contribution in [0.4, 0.5) is 21.8 Å². The van der Waals surface area contributed by atoms with Crippen LogP contribution >= 0.6 is 0 Å². The number of fused-ring (bicyclic) bond motifs is 2. The summed E-state index contributed by atoms with van der Waals surface area (Å²) < 4.78 is 26.7. The van der Waals surface area contributed by atoms with Gasteiger partial charge in [0.05, 0.1) is 36.1 Å². The lowest BCUT2D eigenvalue weighted by Crippen LogP contribution is -2.58. The molecule has 4 heterocycles. The van der Waals surface area contributed by atoms with E-state index in [0.717, 1.165) is 37.4 Å². The highest BCUT2D eigenvalue weighted by Gasteiger charge is 2.43. The number of benzene rings is 1. The van der Waals surface area contributed by atoms with Crippen molar-refractivity contribution >= 4 is 17.5 Å². The first-order valence-corrected chi connectivity index (χ1v) is 12.1. The molecular weight excluding hydrogens is 461 g/mol. The van der Waals surface area contributed by atoms with E-state index in [1.807, 2.05) is 25.4 Å². The van der Waals surface area contributed by atoms with Crippen LogP contribution in [0.5, 0.6) is 5.88 Å². The Morgan fingerprint density at radius 2 is 1.92 bits per heavy atom. The molecule has 1 aromatic carbocycles. The third-order valence-corrected chi connectivity index (χ3v) is 6.65. The van der Waals surface area contributed by atoms with E-state index in [4.69, 9.17) is 14.7 Å². The van der Waals surface area contributed by atoms with Crippen molar-refractivity contribution in [3.63, 3.8) is 0 Å². The zero-order valence-corrected chi connectivity index (χ0v) is 20.3. The number of halogens is 1. The Morgan fingerprint density at radius 3 is 2.58 bits per heavy atom. The third kappa shape index (κ3) is 4.93. The molecule has 0 aliphatic carbocycles. The standard InChI is InChI=1S/C26H28FN7O2/c1-3-4-18-9-29-26(30-10-18)34-11-19-13-35-14-20(12-34)23(19)36-25-16(2)24(31-15-32-25)33-22-6-5-17(8-28)7-21(22)27/h5-7,9-10,15,19-20,23H,3-4,11-14H2,1-2H3,(H,31,32,33). The summed E-state index contributed by atoms with van der Waals surface area (Å²) in [4.78, 5) is 20.0. The minimum Gasteiger partial charge on any atom is -0.473 e. The molecule has 10 heteroatoms. The van der Waals surface area contributed by atoms with E-state index in [1.54, 1.807) is 6.07 Å². The van der Waals surface area contributed by atoms with Crippen LogP contribution in [0, 0.1) is 35.9 Å². The average molecular weight is 490 g/mol. The molecule has 1 N–H and O–H groups in total. The van der Waals surface area contributed by atoms with Gasteiger partial charge in [-0.15, -0.1) is 0 Å². The maximum atomic E-state index is 14.4. The van der Waals surface area contributed by atoms with E-state index < -0.39 is 5.82 Å². The molecule has 0 radical (unpaired) electrons. The predicted molar refractivity (Wildman–Crippen MR) is 132 cm³/mol. The summed E-state index contributed by atoms with van der Waals surface area (Å²) in [6.07, 6.45) is 7.19. The first kappa shape index (κ1) is 23.9.